The van der Waals surface area contributed by atoms with Crippen LogP contribution in [0, 0.1) is 0 Å². The number of carbonyl (C=O) groups is 1. The minimum Gasteiger partial charge on any atom is -1.00 e. The van der Waals surface area contributed by atoms with E-state index in [4.69, 9.17) is 0 Å². The van der Waals surface area contributed by atoms with Crippen molar-refractivity contribution in [2.75, 3.05) is 33.4 Å². The van der Waals surface area contributed by atoms with Gasteiger partial charge in [-0.3, -0.25) is 4.79 Å². The summed E-state index contributed by atoms with van der Waals surface area (Å²) in [5.74, 6) is 0.957. The van der Waals surface area contributed by atoms with Crippen LogP contribution in [-0.2, 0) is 4.79 Å². The molecule has 116 valence electrons. The second-order valence-corrected chi connectivity index (χ2v) is 7.26. The Morgan fingerprint density at radius 1 is 0.947 bits per heavy atom. The number of hydrogen-bond acceptors (Lipinski definition) is 2. The number of thioether (sulfide) groups is 1. The Labute approximate surface area is 130 Å². The lowest BCUT2D eigenvalue weighted by atomic mass is 10.1. The van der Waals surface area contributed by atoms with Crippen LogP contribution in [0.15, 0.2) is 0 Å². The monoisotopic (exact) mass is 309 g/mol. The number of carbonyl (C=O) groups excluding carboxylic acids is 1. The molecule has 0 N–H and O–H groups in total. The third kappa shape index (κ3) is 18.3. The first-order chi connectivity index (χ1) is 8.45. The van der Waals surface area contributed by atoms with E-state index in [1.165, 1.54) is 50.3 Å². The van der Waals surface area contributed by atoms with Crippen molar-refractivity contribution < 1.29 is 21.7 Å². The van der Waals surface area contributed by atoms with Crippen LogP contribution < -0.4 is 12.4 Å². The van der Waals surface area contributed by atoms with Crippen LogP contribution in [0.5, 0.6) is 0 Å². The molecule has 0 heterocycles. The van der Waals surface area contributed by atoms with Gasteiger partial charge in [-0.1, -0.05) is 57.2 Å². The van der Waals surface area contributed by atoms with Crippen LogP contribution >= 0.6 is 11.8 Å². The normalized spacial score (nSPS) is 11.2. The number of unbranched alkanes of at least 4 members (excludes halogenated alkanes) is 6. The summed E-state index contributed by atoms with van der Waals surface area (Å²) < 4.78 is 0.942. The van der Waals surface area contributed by atoms with Crippen LogP contribution in [-0.4, -0.2) is 43.0 Å². The summed E-state index contributed by atoms with van der Waals surface area (Å²) in [5, 5.41) is 0.386. The van der Waals surface area contributed by atoms with Crippen molar-refractivity contribution in [1.82, 2.24) is 0 Å². The van der Waals surface area contributed by atoms with E-state index in [0.29, 0.717) is 5.12 Å². The first-order valence-corrected chi connectivity index (χ1v) is 8.40. The lowest BCUT2D eigenvalue weighted by molar-refractivity contribution is -0.867. The fourth-order valence-electron chi connectivity index (χ4n) is 1.73. The zero-order valence-electron chi connectivity index (χ0n) is 13.2. The minimum atomic E-state index is 0. The molecule has 19 heavy (non-hydrogen) atoms. The Morgan fingerprint density at radius 3 is 2.00 bits per heavy atom. The molecule has 2 nitrogen and oxygen atoms in total. The molecule has 0 amide bonds. The van der Waals surface area contributed by atoms with Crippen LogP contribution in [0.1, 0.15) is 58.3 Å². The van der Waals surface area contributed by atoms with Gasteiger partial charge in [0.15, 0.2) is 5.12 Å². The van der Waals surface area contributed by atoms with Crippen molar-refractivity contribution in [3.63, 3.8) is 0 Å². The van der Waals surface area contributed by atoms with Gasteiger partial charge in [0.25, 0.3) is 0 Å². The highest BCUT2D eigenvalue weighted by molar-refractivity contribution is 8.13. The molecule has 0 rings (SSSR count). The molecule has 0 saturated carbocycles. The maximum atomic E-state index is 11.6. The van der Waals surface area contributed by atoms with Crippen molar-refractivity contribution in [1.29, 1.82) is 0 Å². The number of hydrogen-bond donors (Lipinski definition) is 0. The molecule has 0 aliphatic rings. The zero-order valence-corrected chi connectivity index (χ0v) is 14.8. The largest absolute Gasteiger partial charge is 1.00 e. The van der Waals surface area contributed by atoms with Crippen LogP contribution in [0.25, 0.3) is 0 Å². The molecule has 0 aromatic carbocycles. The SMILES string of the molecule is CCCCCCCCCC(=O)SCC[N+](C)(C)C.[Cl-]. The van der Waals surface area contributed by atoms with Gasteiger partial charge in [0, 0.05) is 6.42 Å². The maximum absolute atomic E-state index is 11.6. The third-order valence-electron chi connectivity index (χ3n) is 3.01. The molecule has 0 radical (unpaired) electrons. The number of rotatable bonds is 11. The van der Waals surface area contributed by atoms with Gasteiger partial charge in [0.1, 0.15) is 0 Å². The molecular formula is C15H32ClNOS. The lowest BCUT2D eigenvalue weighted by Gasteiger charge is -2.23. The highest BCUT2D eigenvalue weighted by Crippen LogP contribution is 2.13. The van der Waals surface area contributed by atoms with Gasteiger partial charge >= 0.3 is 0 Å². The average molecular weight is 310 g/mol. The Balaban J connectivity index is 0. The van der Waals surface area contributed by atoms with E-state index in [-0.39, 0.29) is 12.4 Å². The summed E-state index contributed by atoms with van der Waals surface area (Å²) in [6.45, 7) is 3.31. The van der Waals surface area contributed by atoms with Crippen LogP contribution in [0.4, 0.5) is 0 Å². The summed E-state index contributed by atoms with van der Waals surface area (Å²) in [6, 6.07) is 0. The van der Waals surface area contributed by atoms with Gasteiger partial charge in [-0.05, 0) is 6.42 Å². The second-order valence-electron chi connectivity index (χ2n) is 6.11. The Bertz CT molecular complexity index is 217. The second kappa shape index (κ2) is 13.3. The first-order valence-electron chi connectivity index (χ1n) is 7.42. The topological polar surface area (TPSA) is 17.1 Å². The number of quaternary nitrogens is 1. The van der Waals surface area contributed by atoms with Gasteiger partial charge < -0.3 is 16.9 Å². The lowest BCUT2D eigenvalue weighted by Crippen LogP contribution is -3.00. The van der Waals surface area contributed by atoms with Crippen LogP contribution in [0.3, 0.4) is 0 Å². The number of halogens is 1. The van der Waals surface area contributed by atoms with E-state index < -0.39 is 0 Å². The molecule has 0 bridgehead atoms. The molecule has 0 fully saturated rings. The first kappa shape index (κ1) is 21.6. The quantitative estimate of drug-likeness (QED) is 0.420. The molecule has 0 atom stereocenters. The van der Waals surface area contributed by atoms with Crippen LogP contribution in [0.2, 0.25) is 0 Å². The van der Waals surface area contributed by atoms with Gasteiger partial charge in [-0.15, -0.1) is 0 Å². The van der Waals surface area contributed by atoms with Crippen molar-refractivity contribution in [3.05, 3.63) is 0 Å². The van der Waals surface area contributed by atoms with Crippen molar-refractivity contribution in [2.45, 2.75) is 58.3 Å². The molecule has 0 spiro atoms. The molecule has 4 heteroatoms. The molecule has 0 unspecified atom stereocenters. The third-order valence-corrected chi connectivity index (χ3v) is 3.92. The van der Waals surface area contributed by atoms with E-state index in [1.807, 2.05) is 0 Å². The summed E-state index contributed by atoms with van der Waals surface area (Å²) in [5.41, 5.74) is 0. The molecule has 0 aliphatic heterocycles. The van der Waals surface area contributed by atoms with Crippen molar-refractivity contribution in [3.8, 4) is 0 Å². The van der Waals surface area contributed by atoms with E-state index >= 15 is 0 Å². The Kier molecular flexibility index (Phi) is 15.1. The fraction of sp³-hybridized carbons (Fsp3) is 0.933. The van der Waals surface area contributed by atoms with Gasteiger partial charge in [-0.25, -0.2) is 0 Å². The van der Waals surface area contributed by atoms with E-state index in [1.54, 1.807) is 0 Å². The highest BCUT2D eigenvalue weighted by atomic mass is 35.5. The van der Waals surface area contributed by atoms with E-state index in [2.05, 4.69) is 28.1 Å². The standard InChI is InChI=1S/C15H32NOS.ClH/c1-5-6-7-8-9-10-11-12-15(17)18-14-13-16(2,3)4;/h5-14H2,1-4H3;1H/q+1;/p-1. The van der Waals surface area contributed by atoms with E-state index in [0.717, 1.165) is 29.6 Å². The minimum absolute atomic E-state index is 0. The zero-order chi connectivity index (χ0) is 13.9. The van der Waals surface area contributed by atoms with E-state index in [9.17, 15) is 4.79 Å². The van der Waals surface area contributed by atoms with Gasteiger partial charge in [-0.2, -0.15) is 0 Å². The summed E-state index contributed by atoms with van der Waals surface area (Å²) in [6.07, 6.45) is 9.76. The highest BCUT2D eigenvalue weighted by Gasteiger charge is 2.09. The molecular weight excluding hydrogens is 278 g/mol. The predicted octanol–water partition coefficient (Wildman–Crippen LogP) is 1.10. The summed E-state index contributed by atoms with van der Waals surface area (Å²) >= 11 is 1.52. The van der Waals surface area contributed by atoms with Gasteiger partial charge in [0.05, 0.1) is 33.4 Å². The van der Waals surface area contributed by atoms with Gasteiger partial charge in [0.2, 0.25) is 0 Å². The molecule has 0 aromatic heterocycles. The van der Waals surface area contributed by atoms with Crippen molar-refractivity contribution in [2.24, 2.45) is 0 Å². The van der Waals surface area contributed by atoms with Crippen molar-refractivity contribution >= 4 is 16.9 Å². The summed E-state index contributed by atoms with van der Waals surface area (Å²) in [4.78, 5) is 11.6. The average Bonchev–Trinajstić information content (AvgIpc) is 2.26. The maximum Gasteiger partial charge on any atom is 0.189 e. The fourth-order valence-corrected chi connectivity index (χ4v) is 2.89. The molecule has 0 aliphatic carbocycles. The smallest absolute Gasteiger partial charge is 0.189 e. The molecule has 0 aromatic rings. The molecule has 0 saturated heterocycles. The summed E-state index contributed by atoms with van der Waals surface area (Å²) in [7, 11) is 6.50. The predicted molar refractivity (Wildman–Crippen MR) is 83.0 cm³/mol. The number of nitrogens with zero attached hydrogens (tertiary/aromatic N) is 1. The Hall–Kier alpha value is 0.270. The Morgan fingerprint density at radius 2 is 1.47 bits per heavy atom.